The number of para-hydroxylation sites is 1. The van der Waals surface area contributed by atoms with Crippen LogP contribution in [0.1, 0.15) is 43.4 Å². The Bertz CT molecular complexity index is 1190. The van der Waals surface area contributed by atoms with Crippen LogP contribution in [0.4, 0.5) is 16.9 Å². The number of piperidine rings is 2. The lowest BCUT2D eigenvalue weighted by Gasteiger charge is -2.74. The Morgan fingerprint density at radius 2 is 2.03 bits per heavy atom. The lowest BCUT2D eigenvalue weighted by atomic mass is 9.57. The van der Waals surface area contributed by atoms with Gasteiger partial charge in [-0.25, -0.2) is 9.97 Å². The summed E-state index contributed by atoms with van der Waals surface area (Å²) < 4.78 is 0. The Kier molecular flexibility index (Phi) is 4.75. The molecule has 3 saturated heterocycles. The first-order valence-electron chi connectivity index (χ1n) is 11.2. The number of hydrogen-bond donors (Lipinski definition) is 3. The molecule has 5 heterocycles. The number of benzene rings is 1. The Hall–Kier alpha value is -2.80. The number of hydrogen-bond acceptors (Lipinski definition) is 9. The van der Waals surface area contributed by atoms with E-state index in [1.807, 2.05) is 24.3 Å². The van der Waals surface area contributed by atoms with Crippen LogP contribution in [-0.4, -0.2) is 48.6 Å². The molecular formula is C23H25N7OS. The average molecular weight is 448 g/mol. The van der Waals surface area contributed by atoms with E-state index in [1.165, 1.54) is 24.2 Å². The Morgan fingerprint density at radius 1 is 1.22 bits per heavy atom. The zero-order valence-corrected chi connectivity index (χ0v) is 18.5. The Morgan fingerprint density at radius 3 is 2.78 bits per heavy atom. The van der Waals surface area contributed by atoms with Crippen molar-refractivity contribution in [3.8, 4) is 6.07 Å². The molecule has 9 heteroatoms. The number of nitrogens with one attached hydrogen (secondary N) is 2. The summed E-state index contributed by atoms with van der Waals surface area (Å²) in [5.41, 5.74) is 1.21. The molecule has 1 aromatic carbocycles. The highest BCUT2D eigenvalue weighted by Gasteiger charge is 2.64. The first-order valence-corrected chi connectivity index (χ1v) is 12.0. The Balaban J connectivity index is 1.20. The van der Waals surface area contributed by atoms with Crippen LogP contribution in [0.5, 0.6) is 0 Å². The molecule has 3 aliphatic rings. The quantitative estimate of drug-likeness (QED) is 0.502. The van der Waals surface area contributed by atoms with Crippen molar-refractivity contribution in [1.29, 1.82) is 5.26 Å². The van der Waals surface area contributed by atoms with E-state index >= 15 is 0 Å². The largest absolute Gasteiger partial charge is 0.391 e. The first kappa shape index (κ1) is 19.9. The number of aromatic nitrogens is 3. The van der Waals surface area contributed by atoms with E-state index in [9.17, 15) is 5.11 Å². The van der Waals surface area contributed by atoms with Gasteiger partial charge in [0.2, 0.25) is 5.95 Å². The summed E-state index contributed by atoms with van der Waals surface area (Å²) in [6.07, 6.45) is 7.98. The van der Waals surface area contributed by atoms with Crippen LogP contribution in [-0.2, 0) is 6.61 Å². The van der Waals surface area contributed by atoms with Crippen molar-refractivity contribution >= 4 is 39.1 Å². The molecule has 0 saturated carbocycles. The number of thiazole rings is 1. The van der Waals surface area contributed by atoms with Crippen molar-refractivity contribution in [3.05, 3.63) is 35.3 Å². The summed E-state index contributed by atoms with van der Waals surface area (Å²) in [4.78, 5) is 17.4. The van der Waals surface area contributed by atoms with E-state index < -0.39 is 0 Å². The summed E-state index contributed by atoms with van der Waals surface area (Å²) in [6.45, 7) is -0.0184. The lowest BCUT2D eigenvalue weighted by Crippen LogP contribution is -2.81. The van der Waals surface area contributed by atoms with Crippen molar-refractivity contribution in [1.82, 2.24) is 19.9 Å². The topological polar surface area (TPSA) is 110 Å². The normalized spacial score (nSPS) is 28.3. The van der Waals surface area contributed by atoms with E-state index in [-0.39, 0.29) is 6.61 Å². The molecule has 8 nitrogen and oxygen atoms in total. The minimum atomic E-state index is -0.0184. The predicted octanol–water partition coefficient (Wildman–Crippen LogP) is 3.79. The highest BCUT2D eigenvalue weighted by molar-refractivity contribution is 7.15. The number of aliphatic hydroxyl groups is 1. The Labute approximate surface area is 190 Å². The van der Waals surface area contributed by atoms with Crippen LogP contribution in [0, 0.1) is 11.3 Å². The summed E-state index contributed by atoms with van der Waals surface area (Å²) in [6, 6.07) is 11.9. The third-order valence-corrected chi connectivity index (χ3v) is 8.15. The molecule has 3 aliphatic heterocycles. The second kappa shape index (κ2) is 7.66. The van der Waals surface area contributed by atoms with Gasteiger partial charge in [-0.1, -0.05) is 23.5 Å². The minimum Gasteiger partial charge on any atom is -0.391 e. The maximum absolute atomic E-state index is 9.33. The van der Waals surface area contributed by atoms with E-state index in [0.29, 0.717) is 41.2 Å². The van der Waals surface area contributed by atoms with Crippen LogP contribution in [0.25, 0.3) is 10.9 Å². The molecule has 0 spiro atoms. The molecule has 2 unspecified atom stereocenters. The molecule has 3 fully saturated rings. The van der Waals surface area contributed by atoms with Crippen LogP contribution in [0.15, 0.2) is 30.5 Å². The van der Waals surface area contributed by atoms with Gasteiger partial charge in [0.05, 0.1) is 23.1 Å². The fourth-order valence-electron chi connectivity index (χ4n) is 6.06. The van der Waals surface area contributed by atoms with Gasteiger partial charge < -0.3 is 15.7 Å². The van der Waals surface area contributed by atoms with E-state index in [2.05, 4.69) is 26.6 Å². The standard InChI is InChI=1S/C23H25N7OS/c24-7-3-6-23-10-15-8-14(9-16(11-23)30(15)23)26-21-27-19-5-2-1-4-18(19)20(28-21)29-22-25-12-17(13-31)32-22/h1-2,4-5,12,14-16,31H,3,6,8-11,13H2,(H2,25,26,27,28,29)/t14?,15-,16+,23?. The van der Waals surface area contributed by atoms with Crippen molar-refractivity contribution in [3.63, 3.8) is 0 Å². The van der Waals surface area contributed by atoms with Crippen molar-refractivity contribution in [2.24, 2.45) is 0 Å². The van der Waals surface area contributed by atoms with Gasteiger partial charge in [0.1, 0.15) is 5.82 Å². The first-order chi connectivity index (χ1) is 15.7. The molecule has 32 heavy (non-hydrogen) atoms. The molecule has 0 aliphatic carbocycles. The maximum atomic E-state index is 9.33. The van der Waals surface area contributed by atoms with Gasteiger partial charge in [-0.2, -0.15) is 10.2 Å². The van der Waals surface area contributed by atoms with Gasteiger partial charge in [-0.15, -0.1) is 0 Å². The fraction of sp³-hybridized carbons (Fsp3) is 0.478. The van der Waals surface area contributed by atoms with Crippen molar-refractivity contribution in [2.45, 2.75) is 68.8 Å². The molecule has 4 atom stereocenters. The molecule has 6 rings (SSSR count). The third-order valence-electron chi connectivity index (χ3n) is 7.25. The molecule has 164 valence electrons. The van der Waals surface area contributed by atoms with Gasteiger partial charge in [-0.3, -0.25) is 4.90 Å². The monoisotopic (exact) mass is 447 g/mol. The number of nitrogens with zero attached hydrogens (tertiary/aromatic N) is 5. The smallest absolute Gasteiger partial charge is 0.225 e. The zero-order chi connectivity index (χ0) is 21.7. The molecular weight excluding hydrogens is 422 g/mol. The lowest BCUT2D eigenvalue weighted by molar-refractivity contribution is -0.222. The number of rotatable bonds is 7. The summed E-state index contributed by atoms with van der Waals surface area (Å²) >= 11 is 1.42. The van der Waals surface area contributed by atoms with Gasteiger partial charge in [0, 0.05) is 41.7 Å². The minimum absolute atomic E-state index is 0.0184. The van der Waals surface area contributed by atoms with Gasteiger partial charge in [0.15, 0.2) is 5.13 Å². The van der Waals surface area contributed by atoms with Crippen molar-refractivity contribution < 1.29 is 5.11 Å². The second-order valence-corrected chi connectivity index (χ2v) is 10.3. The fourth-order valence-corrected chi connectivity index (χ4v) is 6.73. The molecule has 3 N–H and O–H groups in total. The van der Waals surface area contributed by atoms with Gasteiger partial charge in [-0.05, 0) is 44.2 Å². The predicted molar refractivity (Wildman–Crippen MR) is 124 cm³/mol. The van der Waals surface area contributed by atoms with E-state index in [1.54, 1.807) is 6.20 Å². The maximum Gasteiger partial charge on any atom is 0.225 e. The van der Waals surface area contributed by atoms with E-state index in [4.69, 9.17) is 15.2 Å². The van der Waals surface area contributed by atoms with Crippen LogP contribution >= 0.6 is 11.3 Å². The summed E-state index contributed by atoms with van der Waals surface area (Å²) in [5.74, 6) is 1.36. The molecule has 0 radical (unpaired) electrons. The van der Waals surface area contributed by atoms with Crippen LogP contribution in [0.3, 0.4) is 0 Å². The van der Waals surface area contributed by atoms with Gasteiger partial charge >= 0.3 is 0 Å². The van der Waals surface area contributed by atoms with Crippen molar-refractivity contribution in [2.75, 3.05) is 10.6 Å². The number of aliphatic hydroxyl groups excluding tert-OH is 1. The average Bonchev–Trinajstić information content (AvgIpc) is 3.22. The summed E-state index contributed by atoms with van der Waals surface area (Å²) in [7, 11) is 0. The molecule has 0 bridgehead atoms. The van der Waals surface area contributed by atoms with Crippen LogP contribution < -0.4 is 10.6 Å². The molecule has 2 aromatic heterocycles. The number of fused-ring (bicyclic) bond motifs is 1. The van der Waals surface area contributed by atoms with E-state index in [0.717, 1.165) is 40.9 Å². The number of anilines is 3. The number of nitriles is 1. The SMILES string of the molecule is N#CCCC12C[C@H]3CC(Nc4nc(Nc5ncc(CO)s5)c5ccccc5n4)C[C@@H](C1)N32. The zero-order valence-electron chi connectivity index (χ0n) is 17.7. The second-order valence-electron chi connectivity index (χ2n) is 9.15. The highest BCUT2D eigenvalue weighted by Crippen LogP contribution is 2.58. The molecule has 0 amide bonds. The summed E-state index contributed by atoms with van der Waals surface area (Å²) in [5, 5.41) is 26.9. The third kappa shape index (κ3) is 3.22. The van der Waals surface area contributed by atoms with Crippen LogP contribution in [0.2, 0.25) is 0 Å². The highest BCUT2D eigenvalue weighted by atomic mass is 32.1. The molecule has 3 aromatic rings. The van der Waals surface area contributed by atoms with Gasteiger partial charge in [0.25, 0.3) is 0 Å².